The van der Waals surface area contributed by atoms with Gasteiger partial charge in [-0.25, -0.2) is 10.2 Å². The Morgan fingerprint density at radius 1 is 1.19 bits per heavy atom. The Balaban J connectivity index is 2.24. The highest BCUT2D eigenvalue weighted by Crippen LogP contribution is 2.28. The first-order valence-corrected chi connectivity index (χ1v) is 7.32. The molecular formula is C15H14BrN3O2. The number of nitrogens with zero attached hydrogens (tertiary/aromatic N) is 1. The lowest BCUT2D eigenvalue weighted by Gasteiger charge is -2.11. The van der Waals surface area contributed by atoms with E-state index in [-0.39, 0.29) is 0 Å². The van der Waals surface area contributed by atoms with Gasteiger partial charge in [0.05, 0.1) is 6.21 Å². The average Bonchev–Trinajstić information content (AvgIpc) is 2.49. The summed E-state index contributed by atoms with van der Waals surface area (Å²) < 4.78 is 5.92. The number of hydrogen-bond acceptors (Lipinski definition) is 3. The molecule has 21 heavy (non-hydrogen) atoms. The zero-order valence-electron chi connectivity index (χ0n) is 11.1. The van der Waals surface area contributed by atoms with Gasteiger partial charge in [0.1, 0.15) is 11.5 Å². The number of hydrazone groups is 1. The third-order valence-corrected chi connectivity index (χ3v) is 3.24. The third kappa shape index (κ3) is 4.32. The molecule has 2 aromatic carbocycles. The lowest BCUT2D eigenvalue weighted by atomic mass is 10.2. The number of rotatable bonds is 5. The Morgan fingerprint density at radius 3 is 2.57 bits per heavy atom. The number of benzene rings is 2. The van der Waals surface area contributed by atoms with Crippen LogP contribution in [0.5, 0.6) is 11.5 Å². The number of alkyl halides is 1. The molecule has 108 valence electrons. The van der Waals surface area contributed by atoms with Crippen LogP contribution in [0.2, 0.25) is 0 Å². The van der Waals surface area contributed by atoms with E-state index in [2.05, 4.69) is 26.5 Å². The van der Waals surface area contributed by atoms with Gasteiger partial charge >= 0.3 is 6.03 Å². The van der Waals surface area contributed by atoms with Crippen LogP contribution in [-0.4, -0.2) is 12.2 Å². The molecule has 2 amide bonds. The van der Waals surface area contributed by atoms with E-state index >= 15 is 0 Å². The first-order valence-electron chi connectivity index (χ1n) is 6.20. The molecule has 0 fully saturated rings. The number of urea groups is 1. The van der Waals surface area contributed by atoms with Crippen LogP contribution < -0.4 is 15.9 Å². The Morgan fingerprint density at radius 2 is 1.86 bits per heavy atom. The van der Waals surface area contributed by atoms with Crippen LogP contribution in [-0.2, 0) is 5.33 Å². The highest BCUT2D eigenvalue weighted by molar-refractivity contribution is 9.08. The summed E-state index contributed by atoms with van der Waals surface area (Å²) >= 11 is 3.43. The third-order valence-electron chi connectivity index (χ3n) is 2.63. The molecular weight excluding hydrogens is 334 g/mol. The molecule has 0 saturated heterocycles. The molecule has 3 N–H and O–H groups in total. The van der Waals surface area contributed by atoms with Crippen molar-refractivity contribution in [2.45, 2.75) is 5.33 Å². The molecule has 0 unspecified atom stereocenters. The molecule has 0 saturated carbocycles. The standard InChI is InChI=1S/C15H14BrN3O2/c16-9-11-5-1-3-7-13(11)21-14-8-4-2-6-12(14)10-18-19-15(17)20/h1-8,10H,9H2,(H3,17,19,20)/b18-10-. The van der Waals surface area contributed by atoms with Crippen molar-refractivity contribution in [2.75, 3.05) is 0 Å². The molecule has 0 atom stereocenters. The first-order chi connectivity index (χ1) is 10.2. The van der Waals surface area contributed by atoms with Gasteiger partial charge in [-0.15, -0.1) is 0 Å². The van der Waals surface area contributed by atoms with E-state index in [4.69, 9.17) is 10.5 Å². The molecule has 5 nitrogen and oxygen atoms in total. The van der Waals surface area contributed by atoms with Crippen molar-refractivity contribution >= 4 is 28.2 Å². The Kier molecular flexibility index (Phi) is 5.34. The van der Waals surface area contributed by atoms with E-state index in [1.165, 1.54) is 6.21 Å². The molecule has 2 rings (SSSR count). The normalized spacial score (nSPS) is 10.5. The number of nitrogens with two attached hydrogens (primary N) is 1. The van der Waals surface area contributed by atoms with Gasteiger partial charge in [-0.1, -0.05) is 46.3 Å². The van der Waals surface area contributed by atoms with Crippen LogP contribution in [0, 0.1) is 0 Å². The number of hydrogen-bond donors (Lipinski definition) is 2. The molecule has 0 radical (unpaired) electrons. The second kappa shape index (κ2) is 7.44. The fourth-order valence-electron chi connectivity index (χ4n) is 1.68. The molecule has 0 aromatic heterocycles. The second-order valence-corrected chi connectivity index (χ2v) is 4.68. The van der Waals surface area contributed by atoms with Crippen molar-refractivity contribution in [1.82, 2.24) is 5.43 Å². The molecule has 0 aliphatic rings. The molecule has 6 heteroatoms. The Labute approximate surface area is 130 Å². The number of halogens is 1. The molecule has 0 heterocycles. The minimum Gasteiger partial charge on any atom is -0.456 e. The zero-order chi connectivity index (χ0) is 15.1. The van der Waals surface area contributed by atoms with Gasteiger partial charge in [-0.2, -0.15) is 5.10 Å². The topological polar surface area (TPSA) is 76.7 Å². The van der Waals surface area contributed by atoms with E-state index in [0.29, 0.717) is 11.1 Å². The van der Waals surface area contributed by atoms with Crippen molar-refractivity contribution < 1.29 is 9.53 Å². The lowest BCUT2D eigenvalue weighted by molar-refractivity contribution is 0.249. The van der Waals surface area contributed by atoms with E-state index < -0.39 is 6.03 Å². The van der Waals surface area contributed by atoms with Gasteiger partial charge < -0.3 is 10.5 Å². The molecule has 0 spiro atoms. The van der Waals surface area contributed by atoms with Crippen LogP contribution >= 0.6 is 15.9 Å². The fourth-order valence-corrected chi connectivity index (χ4v) is 2.14. The zero-order valence-corrected chi connectivity index (χ0v) is 12.7. The van der Waals surface area contributed by atoms with Crippen LogP contribution in [0.1, 0.15) is 11.1 Å². The average molecular weight is 348 g/mol. The summed E-state index contributed by atoms with van der Waals surface area (Å²) in [6.07, 6.45) is 1.48. The van der Waals surface area contributed by atoms with E-state index in [9.17, 15) is 4.79 Å². The first kappa shape index (κ1) is 15.1. The van der Waals surface area contributed by atoms with Crippen LogP contribution in [0.3, 0.4) is 0 Å². The summed E-state index contributed by atoms with van der Waals surface area (Å²) in [5.41, 5.74) is 8.88. The summed E-state index contributed by atoms with van der Waals surface area (Å²) in [5, 5.41) is 4.44. The fraction of sp³-hybridized carbons (Fsp3) is 0.0667. The largest absolute Gasteiger partial charge is 0.456 e. The molecule has 0 aliphatic carbocycles. The van der Waals surface area contributed by atoms with Crippen molar-refractivity contribution in [3.63, 3.8) is 0 Å². The second-order valence-electron chi connectivity index (χ2n) is 4.12. The van der Waals surface area contributed by atoms with Crippen LogP contribution in [0.25, 0.3) is 0 Å². The van der Waals surface area contributed by atoms with Gasteiger partial charge in [-0.3, -0.25) is 0 Å². The number of ether oxygens (including phenoxy) is 1. The van der Waals surface area contributed by atoms with E-state index in [1.54, 1.807) is 0 Å². The van der Waals surface area contributed by atoms with E-state index in [1.807, 2.05) is 48.5 Å². The molecule has 0 bridgehead atoms. The highest BCUT2D eigenvalue weighted by Gasteiger charge is 2.06. The number of primary amides is 1. The number of carbonyl (C=O) groups is 1. The van der Waals surface area contributed by atoms with E-state index in [0.717, 1.165) is 16.9 Å². The van der Waals surface area contributed by atoms with Crippen LogP contribution in [0.15, 0.2) is 53.6 Å². The molecule has 0 aliphatic heterocycles. The minimum absolute atomic E-state index is 0.640. The number of nitrogens with one attached hydrogen (secondary N) is 1. The maximum Gasteiger partial charge on any atom is 0.332 e. The summed E-state index contributed by atoms with van der Waals surface area (Å²) in [6, 6.07) is 14.4. The maximum absolute atomic E-state index is 10.6. The SMILES string of the molecule is NC(=O)N/N=C\c1ccccc1Oc1ccccc1CBr. The van der Waals surface area contributed by atoms with Gasteiger partial charge in [0.15, 0.2) is 0 Å². The minimum atomic E-state index is -0.714. The van der Waals surface area contributed by atoms with Crippen molar-refractivity contribution in [3.05, 3.63) is 59.7 Å². The quantitative estimate of drug-likeness (QED) is 0.494. The highest BCUT2D eigenvalue weighted by atomic mass is 79.9. The monoisotopic (exact) mass is 347 g/mol. The van der Waals surface area contributed by atoms with Gasteiger partial charge in [0, 0.05) is 16.5 Å². The number of carbonyl (C=O) groups excluding carboxylic acids is 1. The smallest absolute Gasteiger partial charge is 0.332 e. The van der Waals surface area contributed by atoms with Gasteiger partial charge in [-0.05, 0) is 18.2 Å². The van der Waals surface area contributed by atoms with Gasteiger partial charge in [0.2, 0.25) is 0 Å². The predicted molar refractivity (Wildman–Crippen MR) is 85.9 cm³/mol. The van der Waals surface area contributed by atoms with Crippen molar-refractivity contribution in [3.8, 4) is 11.5 Å². The summed E-state index contributed by atoms with van der Waals surface area (Å²) in [4.78, 5) is 10.6. The predicted octanol–water partition coefficient (Wildman–Crippen LogP) is 3.38. The van der Waals surface area contributed by atoms with Crippen molar-refractivity contribution in [1.29, 1.82) is 0 Å². The Hall–Kier alpha value is -2.34. The maximum atomic E-state index is 10.6. The number of amides is 2. The lowest BCUT2D eigenvalue weighted by Crippen LogP contribution is -2.24. The Bertz CT molecular complexity index is 659. The molecule has 2 aromatic rings. The summed E-state index contributed by atoms with van der Waals surface area (Å²) in [5.74, 6) is 1.40. The van der Waals surface area contributed by atoms with Crippen LogP contribution in [0.4, 0.5) is 4.79 Å². The summed E-state index contributed by atoms with van der Waals surface area (Å²) in [6.45, 7) is 0. The van der Waals surface area contributed by atoms with Gasteiger partial charge in [0.25, 0.3) is 0 Å². The summed E-state index contributed by atoms with van der Waals surface area (Å²) in [7, 11) is 0. The number of para-hydroxylation sites is 2. The van der Waals surface area contributed by atoms with Crippen molar-refractivity contribution in [2.24, 2.45) is 10.8 Å².